The van der Waals surface area contributed by atoms with Crippen molar-refractivity contribution in [1.82, 2.24) is 0 Å². The van der Waals surface area contributed by atoms with Gasteiger partial charge >= 0.3 is 0 Å². The normalized spacial score (nSPS) is 19.3. The summed E-state index contributed by atoms with van der Waals surface area (Å²) in [4.78, 5) is 0. The number of hydrogen-bond acceptors (Lipinski definition) is 0. The molecule has 0 amide bonds. The fraction of sp³-hybridized carbons (Fsp3) is 0.533. The van der Waals surface area contributed by atoms with Gasteiger partial charge in [0, 0.05) is 0 Å². The highest BCUT2D eigenvalue weighted by atomic mass is 14.3. The molecule has 0 heteroatoms. The summed E-state index contributed by atoms with van der Waals surface area (Å²) in [5, 5.41) is 0. The number of rotatable bonds is 9. The van der Waals surface area contributed by atoms with E-state index in [2.05, 4.69) is 78.0 Å². The summed E-state index contributed by atoms with van der Waals surface area (Å²) in [7, 11) is 0. The van der Waals surface area contributed by atoms with Gasteiger partial charge in [-0.15, -0.1) is 0 Å². The molecule has 0 nitrogen and oxygen atoms in total. The fourth-order valence-corrected chi connectivity index (χ4v) is 4.72. The molecular formula is C30H42. The van der Waals surface area contributed by atoms with Gasteiger partial charge in [0.05, 0.1) is 0 Å². The Hall–Kier alpha value is -1.82. The van der Waals surface area contributed by atoms with Crippen molar-refractivity contribution in [1.29, 1.82) is 0 Å². The highest BCUT2D eigenvalue weighted by Gasteiger charge is 2.24. The van der Waals surface area contributed by atoms with Gasteiger partial charge in [-0.3, -0.25) is 0 Å². The second-order valence-corrected chi connectivity index (χ2v) is 9.65. The van der Waals surface area contributed by atoms with Gasteiger partial charge in [0.1, 0.15) is 0 Å². The Balaban J connectivity index is 1.91. The van der Waals surface area contributed by atoms with Crippen LogP contribution in [0.3, 0.4) is 0 Å². The third-order valence-electron chi connectivity index (χ3n) is 7.12. The van der Waals surface area contributed by atoms with Crippen molar-refractivity contribution >= 4 is 5.57 Å². The lowest BCUT2D eigenvalue weighted by Crippen LogP contribution is -2.11. The Morgan fingerprint density at radius 3 is 2.27 bits per heavy atom. The number of hydrogen-bond donors (Lipinski definition) is 0. The predicted molar refractivity (Wildman–Crippen MR) is 134 cm³/mol. The van der Waals surface area contributed by atoms with Crippen LogP contribution < -0.4 is 0 Å². The highest BCUT2D eigenvalue weighted by Crippen LogP contribution is 2.40. The number of unbranched alkanes of at least 4 members (excludes halogenated alkanes) is 1. The number of aryl methyl sites for hydroxylation is 2. The minimum Gasteiger partial charge on any atom is -0.0770 e. The van der Waals surface area contributed by atoms with E-state index in [0.29, 0.717) is 0 Å². The zero-order valence-electron chi connectivity index (χ0n) is 20.3. The Morgan fingerprint density at radius 1 is 0.967 bits per heavy atom. The zero-order valence-corrected chi connectivity index (χ0v) is 20.3. The van der Waals surface area contributed by atoms with Crippen LogP contribution in [0.1, 0.15) is 107 Å². The average Bonchev–Trinajstić information content (AvgIpc) is 3.51. The average molecular weight is 403 g/mol. The summed E-state index contributed by atoms with van der Waals surface area (Å²) >= 11 is 0. The molecular weight excluding hydrogens is 360 g/mol. The van der Waals surface area contributed by atoms with E-state index in [-0.39, 0.29) is 0 Å². The molecule has 30 heavy (non-hydrogen) atoms. The van der Waals surface area contributed by atoms with Gasteiger partial charge in [0.15, 0.2) is 0 Å². The van der Waals surface area contributed by atoms with Crippen LogP contribution in [0.25, 0.3) is 5.57 Å². The topological polar surface area (TPSA) is 0 Å². The maximum Gasteiger partial charge on any atom is -0.0159 e. The van der Waals surface area contributed by atoms with Crippen molar-refractivity contribution < 1.29 is 0 Å². The van der Waals surface area contributed by atoms with Crippen molar-refractivity contribution in [3.8, 4) is 0 Å². The zero-order chi connectivity index (χ0) is 21.7. The first kappa shape index (κ1) is 22.9. The standard InChI is InChI=1S/C30H42/c1-7-9-11-28(21(3)14-15-25(8-2)26-16-17-26)19-24(6)29-20-30(27-12-10-13-27)23(5)18-22(29)4/h11,14-15,18-20,26-27H,7-10,12-13,16-17H2,1-6H3/b21-14+,24-19-,25-15-,28-11-. The molecule has 0 atom stereocenters. The second kappa shape index (κ2) is 10.5. The molecule has 0 unspecified atom stereocenters. The Labute approximate surface area is 185 Å². The molecule has 0 radical (unpaired) electrons. The molecule has 0 heterocycles. The van der Waals surface area contributed by atoms with E-state index < -0.39 is 0 Å². The smallest absolute Gasteiger partial charge is 0.0159 e. The number of allylic oxidation sites excluding steroid dienone is 8. The Bertz CT molecular complexity index is 864. The largest absolute Gasteiger partial charge is 0.0770 e. The van der Waals surface area contributed by atoms with Crippen LogP contribution in [0.5, 0.6) is 0 Å². The minimum absolute atomic E-state index is 0.786. The summed E-state index contributed by atoms with van der Waals surface area (Å²) in [6.07, 6.45) is 20.0. The van der Waals surface area contributed by atoms with E-state index in [4.69, 9.17) is 0 Å². The first-order valence-electron chi connectivity index (χ1n) is 12.3. The maximum absolute atomic E-state index is 2.50. The van der Waals surface area contributed by atoms with E-state index in [1.165, 1.54) is 78.4 Å². The lowest BCUT2D eigenvalue weighted by atomic mass is 9.77. The highest BCUT2D eigenvalue weighted by molar-refractivity contribution is 5.71. The van der Waals surface area contributed by atoms with Crippen LogP contribution in [0.15, 0.2) is 53.2 Å². The molecule has 3 rings (SSSR count). The van der Waals surface area contributed by atoms with Gasteiger partial charge in [-0.05, 0) is 117 Å². The van der Waals surface area contributed by atoms with Crippen molar-refractivity contribution in [2.24, 2.45) is 5.92 Å². The van der Waals surface area contributed by atoms with E-state index in [1.54, 1.807) is 11.1 Å². The summed E-state index contributed by atoms with van der Waals surface area (Å²) < 4.78 is 0. The van der Waals surface area contributed by atoms with Crippen LogP contribution in [-0.2, 0) is 0 Å². The lowest BCUT2D eigenvalue weighted by Gasteiger charge is -2.28. The SMILES string of the molecule is CCC/C=C(/C=C(/C)c1cc(C2CCC2)c(C)cc1C)C(\C)=C\C=C(\CC)C1CC1. The van der Waals surface area contributed by atoms with Crippen LogP contribution in [0.4, 0.5) is 0 Å². The monoisotopic (exact) mass is 402 g/mol. The third-order valence-corrected chi connectivity index (χ3v) is 7.12. The first-order chi connectivity index (χ1) is 14.4. The Morgan fingerprint density at radius 2 is 1.70 bits per heavy atom. The molecule has 2 fully saturated rings. The van der Waals surface area contributed by atoms with Gasteiger partial charge in [0.2, 0.25) is 0 Å². The molecule has 0 aromatic heterocycles. The first-order valence-corrected chi connectivity index (χ1v) is 12.3. The van der Waals surface area contributed by atoms with Gasteiger partial charge in [-0.25, -0.2) is 0 Å². The van der Waals surface area contributed by atoms with E-state index in [0.717, 1.165) is 18.3 Å². The molecule has 1 aromatic rings. The predicted octanol–water partition coefficient (Wildman–Crippen LogP) is 9.39. The van der Waals surface area contributed by atoms with Crippen molar-refractivity contribution in [2.75, 3.05) is 0 Å². The van der Waals surface area contributed by atoms with Crippen LogP contribution in [0, 0.1) is 19.8 Å². The molecule has 2 aliphatic carbocycles. The summed E-state index contributed by atoms with van der Waals surface area (Å²) in [5.41, 5.74) is 11.7. The van der Waals surface area contributed by atoms with Gasteiger partial charge < -0.3 is 0 Å². The van der Waals surface area contributed by atoms with Gasteiger partial charge in [-0.2, -0.15) is 0 Å². The molecule has 2 saturated carbocycles. The molecule has 1 aromatic carbocycles. The molecule has 2 aliphatic rings. The van der Waals surface area contributed by atoms with Crippen LogP contribution in [0.2, 0.25) is 0 Å². The second-order valence-electron chi connectivity index (χ2n) is 9.65. The summed E-state index contributed by atoms with van der Waals surface area (Å²) in [6.45, 7) is 13.7. The van der Waals surface area contributed by atoms with E-state index in [1.807, 2.05) is 0 Å². The molecule has 0 saturated heterocycles. The molecule has 0 bridgehead atoms. The van der Waals surface area contributed by atoms with Crippen LogP contribution >= 0.6 is 0 Å². The summed E-state index contributed by atoms with van der Waals surface area (Å²) in [5.74, 6) is 1.65. The maximum atomic E-state index is 2.50. The van der Waals surface area contributed by atoms with Crippen molar-refractivity contribution in [3.05, 3.63) is 75.4 Å². The van der Waals surface area contributed by atoms with Gasteiger partial charge in [0.25, 0.3) is 0 Å². The molecule has 0 N–H and O–H groups in total. The van der Waals surface area contributed by atoms with Crippen molar-refractivity contribution in [3.63, 3.8) is 0 Å². The minimum atomic E-state index is 0.786. The van der Waals surface area contributed by atoms with Gasteiger partial charge in [-0.1, -0.05) is 68.7 Å². The molecule has 0 aliphatic heterocycles. The molecule has 162 valence electrons. The van der Waals surface area contributed by atoms with E-state index >= 15 is 0 Å². The molecule has 0 spiro atoms. The number of benzene rings is 1. The Kier molecular flexibility index (Phi) is 7.98. The lowest BCUT2D eigenvalue weighted by molar-refractivity contribution is 0.418. The third kappa shape index (κ3) is 5.65. The summed E-state index contributed by atoms with van der Waals surface area (Å²) in [6, 6.07) is 4.91. The van der Waals surface area contributed by atoms with Crippen LogP contribution in [-0.4, -0.2) is 0 Å². The van der Waals surface area contributed by atoms with Crippen molar-refractivity contribution in [2.45, 2.75) is 98.8 Å². The fourth-order valence-electron chi connectivity index (χ4n) is 4.72. The van der Waals surface area contributed by atoms with E-state index in [9.17, 15) is 0 Å². The quantitative estimate of drug-likeness (QED) is 0.361.